The molecule has 0 aliphatic carbocycles. The minimum atomic E-state index is -0.222. The van der Waals surface area contributed by atoms with E-state index in [1.54, 1.807) is 24.5 Å². The van der Waals surface area contributed by atoms with E-state index in [0.717, 1.165) is 12.0 Å². The van der Waals surface area contributed by atoms with Crippen LogP contribution in [0.25, 0.3) is 0 Å². The number of nitrogens with zero attached hydrogens (tertiary/aromatic N) is 2. The molecule has 1 aromatic carbocycles. The number of halogens is 1. The summed E-state index contributed by atoms with van der Waals surface area (Å²) in [5.74, 6) is 0.397. The van der Waals surface area contributed by atoms with E-state index in [2.05, 4.69) is 9.97 Å². The molecule has 0 saturated heterocycles. The molecule has 2 aromatic rings. The summed E-state index contributed by atoms with van der Waals surface area (Å²) in [6, 6.07) is 6.76. The number of hydrogen-bond acceptors (Lipinski definition) is 3. The Balaban J connectivity index is 2.09. The van der Waals surface area contributed by atoms with Crippen molar-refractivity contribution in [1.82, 2.24) is 9.97 Å². The van der Waals surface area contributed by atoms with E-state index in [-0.39, 0.29) is 11.9 Å². The van der Waals surface area contributed by atoms with Crippen molar-refractivity contribution in [2.45, 2.75) is 25.8 Å². The zero-order chi connectivity index (χ0) is 13.0. The quantitative estimate of drug-likeness (QED) is 0.897. The topological polar surface area (TPSA) is 51.8 Å². The minimum Gasteiger partial charge on any atom is -0.328 e. The number of aromatic nitrogens is 2. The van der Waals surface area contributed by atoms with Crippen molar-refractivity contribution in [3.63, 3.8) is 0 Å². The third-order valence-electron chi connectivity index (χ3n) is 2.62. The van der Waals surface area contributed by atoms with Crippen LogP contribution in [0, 0.1) is 5.82 Å². The summed E-state index contributed by atoms with van der Waals surface area (Å²) in [5.41, 5.74) is 7.31. The maximum Gasteiger partial charge on any atom is 0.132 e. The Labute approximate surface area is 106 Å². The van der Waals surface area contributed by atoms with Gasteiger partial charge in [-0.1, -0.05) is 18.2 Å². The molecule has 4 heteroatoms. The van der Waals surface area contributed by atoms with Crippen LogP contribution in [0.1, 0.15) is 23.9 Å². The second-order valence-electron chi connectivity index (χ2n) is 4.46. The fraction of sp³-hybridized carbons (Fsp3) is 0.286. The van der Waals surface area contributed by atoms with Gasteiger partial charge in [-0.05, 0) is 30.5 Å². The largest absolute Gasteiger partial charge is 0.328 e. The van der Waals surface area contributed by atoms with Crippen molar-refractivity contribution in [2.75, 3.05) is 0 Å². The molecule has 2 rings (SSSR count). The maximum atomic E-state index is 13.5. The molecular weight excluding hydrogens is 229 g/mol. The summed E-state index contributed by atoms with van der Waals surface area (Å²) < 4.78 is 13.5. The number of rotatable bonds is 4. The first-order valence-electron chi connectivity index (χ1n) is 5.94. The Morgan fingerprint density at radius 1 is 1.22 bits per heavy atom. The maximum absolute atomic E-state index is 13.5. The summed E-state index contributed by atoms with van der Waals surface area (Å²) in [7, 11) is 0. The summed E-state index contributed by atoms with van der Waals surface area (Å²) in [5, 5.41) is 0. The van der Waals surface area contributed by atoms with Gasteiger partial charge >= 0.3 is 0 Å². The molecule has 94 valence electrons. The van der Waals surface area contributed by atoms with Crippen LogP contribution in [-0.2, 0) is 12.8 Å². The fourth-order valence-electron chi connectivity index (χ4n) is 1.76. The van der Waals surface area contributed by atoms with E-state index in [0.29, 0.717) is 17.8 Å². The highest BCUT2D eigenvalue weighted by Crippen LogP contribution is 2.10. The Morgan fingerprint density at radius 3 is 2.50 bits per heavy atom. The van der Waals surface area contributed by atoms with Crippen LogP contribution in [0.4, 0.5) is 4.39 Å². The minimum absolute atomic E-state index is 0.0889. The molecule has 1 unspecified atom stereocenters. The van der Waals surface area contributed by atoms with Crippen LogP contribution < -0.4 is 5.73 Å². The summed E-state index contributed by atoms with van der Waals surface area (Å²) in [4.78, 5) is 8.47. The van der Waals surface area contributed by atoms with Gasteiger partial charge < -0.3 is 5.73 Å². The van der Waals surface area contributed by atoms with Gasteiger partial charge in [0.2, 0.25) is 0 Å². The average Bonchev–Trinajstić information content (AvgIpc) is 2.34. The molecule has 18 heavy (non-hydrogen) atoms. The highest BCUT2D eigenvalue weighted by Gasteiger charge is 2.05. The Kier molecular flexibility index (Phi) is 3.99. The Hall–Kier alpha value is -1.81. The van der Waals surface area contributed by atoms with Gasteiger partial charge in [0.1, 0.15) is 11.6 Å². The van der Waals surface area contributed by atoms with E-state index in [1.165, 1.54) is 6.07 Å². The first kappa shape index (κ1) is 12.6. The molecule has 0 fully saturated rings. The normalized spacial score (nSPS) is 12.4. The monoisotopic (exact) mass is 245 g/mol. The van der Waals surface area contributed by atoms with Crippen LogP contribution in [0.15, 0.2) is 36.7 Å². The highest BCUT2D eigenvalue weighted by molar-refractivity contribution is 5.21. The lowest BCUT2D eigenvalue weighted by Gasteiger charge is -2.05. The van der Waals surface area contributed by atoms with E-state index in [4.69, 9.17) is 5.73 Å². The zero-order valence-corrected chi connectivity index (χ0v) is 10.3. The van der Waals surface area contributed by atoms with Crippen molar-refractivity contribution in [3.8, 4) is 0 Å². The van der Waals surface area contributed by atoms with E-state index >= 15 is 0 Å². The number of hydrogen-bond donors (Lipinski definition) is 1. The lowest BCUT2D eigenvalue weighted by atomic mass is 10.1. The van der Waals surface area contributed by atoms with E-state index < -0.39 is 0 Å². The van der Waals surface area contributed by atoms with Gasteiger partial charge in [0.05, 0.1) is 0 Å². The van der Waals surface area contributed by atoms with Crippen molar-refractivity contribution in [3.05, 3.63) is 59.4 Å². The molecule has 0 aliphatic heterocycles. The standard InChI is InChI=1S/C14H16FN3/c1-10(16)6-11-8-17-14(18-9-11)7-12-4-2-3-5-13(12)15/h2-5,8-10H,6-7,16H2,1H3. The van der Waals surface area contributed by atoms with Crippen LogP contribution in [0.3, 0.4) is 0 Å². The van der Waals surface area contributed by atoms with Gasteiger partial charge in [-0.2, -0.15) is 0 Å². The third kappa shape index (κ3) is 3.34. The molecule has 2 N–H and O–H groups in total. The van der Waals surface area contributed by atoms with Gasteiger partial charge in [0.25, 0.3) is 0 Å². The van der Waals surface area contributed by atoms with Crippen LogP contribution in [-0.4, -0.2) is 16.0 Å². The van der Waals surface area contributed by atoms with Crippen molar-refractivity contribution >= 4 is 0 Å². The van der Waals surface area contributed by atoms with Crippen molar-refractivity contribution < 1.29 is 4.39 Å². The molecule has 1 heterocycles. The van der Waals surface area contributed by atoms with E-state index in [1.807, 2.05) is 13.0 Å². The predicted molar refractivity (Wildman–Crippen MR) is 68.6 cm³/mol. The van der Waals surface area contributed by atoms with Crippen LogP contribution in [0.2, 0.25) is 0 Å². The lowest BCUT2D eigenvalue weighted by Crippen LogP contribution is -2.18. The van der Waals surface area contributed by atoms with Gasteiger partial charge in [0, 0.05) is 24.9 Å². The molecule has 3 nitrogen and oxygen atoms in total. The molecular formula is C14H16FN3. The molecule has 0 spiro atoms. The molecule has 0 amide bonds. The Bertz CT molecular complexity index is 509. The average molecular weight is 245 g/mol. The summed E-state index contributed by atoms with van der Waals surface area (Å²) in [6.07, 6.45) is 4.67. The van der Waals surface area contributed by atoms with Crippen molar-refractivity contribution in [2.24, 2.45) is 5.73 Å². The summed E-state index contributed by atoms with van der Waals surface area (Å²) in [6.45, 7) is 1.94. The third-order valence-corrected chi connectivity index (χ3v) is 2.62. The summed E-state index contributed by atoms with van der Waals surface area (Å²) >= 11 is 0. The number of nitrogens with two attached hydrogens (primary N) is 1. The predicted octanol–water partition coefficient (Wildman–Crippen LogP) is 2.10. The lowest BCUT2D eigenvalue weighted by molar-refractivity contribution is 0.612. The number of benzene rings is 1. The van der Waals surface area contributed by atoms with E-state index in [9.17, 15) is 4.39 Å². The molecule has 1 aromatic heterocycles. The van der Waals surface area contributed by atoms with Gasteiger partial charge in [-0.15, -0.1) is 0 Å². The Morgan fingerprint density at radius 2 is 1.89 bits per heavy atom. The van der Waals surface area contributed by atoms with Crippen LogP contribution >= 0.6 is 0 Å². The first-order valence-corrected chi connectivity index (χ1v) is 5.94. The zero-order valence-electron chi connectivity index (χ0n) is 10.3. The van der Waals surface area contributed by atoms with Gasteiger partial charge in [-0.3, -0.25) is 0 Å². The second-order valence-corrected chi connectivity index (χ2v) is 4.46. The molecule has 1 atom stereocenters. The molecule has 0 radical (unpaired) electrons. The van der Waals surface area contributed by atoms with Crippen molar-refractivity contribution in [1.29, 1.82) is 0 Å². The SMILES string of the molecule is CC(N)Cc1cnc(Cc2ccccc2F)nc1. The molecule has 0 saturated carbocycles. The highest BCUT2D eigenvalue weighted by atomic mass is 19.1. The van der Waals surface area contributed by atoms with Gasteiger partial charge in [0.15, 0.2) is 0 Å². The molecule has 0 bridgehead atoms. The first-order chi connectivity index (χ1) is 8.65. The second kappa shape index (κ2) is 5.69. The van der Waals surface area contributed by atoms with Gasteiger partial charge in [-0.25, -0.2) is 14.4 Å². The smallest absolute Gasteiger partial charge is 0.132 e. The van der Waals surface area contributed by atoms with Crippen LogP contribution in [0.5, 0.6) is 0 Å². The fourth-order valence-corrected chi connectivity index (χ4v) is 1.76. The molecule has 0 aliphatic rings.